The molecule has 1 aromatic carbocycles. The van der Waals surface area contributed by atoms with Crippen molar-refractivity contribution < 1.29 is 27.5 Å². The van der Waals surface area contributed by atoms with Crippen LogP contribution in [0.4, 0.5) is 4.79 Å². The summed E-state index contributed by atoms with van der Waals surface area (Å²) in [6.45, 7) is 1.61. The first-order valence-corrected chi connectivity index (χ1v) is 12.7. The Morgan fingerprint density at radius 1 is 1.11 bits per heavy atom. The zero-order valence-corrected chi connectivity index (χ0v) is 17.6. The van der Waals surface area contributed by atoms with E-state index in [2.05, 4.69) is 19.7 Å². The first kappa shape index (κ1) is 20.8. The Labute approximate surface area is 160 Å². The van der Waals surface area contributed by atoms with E-state index >= 15 is 0 Å². The molecule has 0 saturated carbocycles. The third kappa shape index (κ3) is 4.80. The molecule has 2 aromatic rings. The molecule has 2 rings (SSSR count). The van der Waals surface area contributed by atoms with Gasteiger partial charge in [-0.3, -0.25) is 0 Å². The second kappa shape index (κ2) is 8.45. The van der Waals surface area contributed by atoms with Crippen molar-refractivity contribution in [2.24, 2.45) is 0 Å². The first-order valence-electron chi connectivity index (χ1n) is 7.44. The molecule has 0 bridgehead atoms. The summed E-state index contributed by atoms with van der Waals surface area (Å²) in [5.41, 5.74) is 1.41. The molecule has 1 amide bonds. The van der Waals surface area contributed by atoms with E-state index in [1.54, 1.807) is 12.6 Å². The van der Waals surface area contributed by atoms with Gasteiger partial charge in [-0.25, -0.2) is 0 Å². The summed E-state index contributed by atoms with van der Waals surface area (Å²) in [5.74, 6) is -0.475. The van der Waals surface area contributed by atoms with Crippen LogP contribution in [-0.4, -0.2) is 62.9 Å². The second-order valence-electron chi connectivity index (χ2n) is 5.13. The Morgan fingerprint density at radius 2 is 1.78 bits per heavy atom. The van der Waals surface area contributed by atoms with Gasteiger partial charge in [-0.15, -0.1) is 0 Å². The van der Waals surface area contributed by atoms with Gasteiger partial charge in [-0.05, 0) is 0 Å². The third-order valence-electron chi connectivity index (χ3n) is 3.31. The Hall–Kier alpha value is -2.52. The molecule has 0 radical (unpaired) electrons. The van der Waals surface area contributed by atoms with Crippen molar-refractivity contribution in [3.63, 3.8) is 0 Å². The summed E-state index contributed by atoms with van der Waals surface area (Å²) in [4.78, 5) is 36.0. The summed E-state index contributed by atoms with van der Waals surface area (Å²) in [6, 6.07) is 5.49. The average Bonchev–Trinajstić information content (AvgIpc) is 2.65. The predicted molar refractivity (Wildman–Crippen MR) is 95.9 cm³/mol. The molecular weight excluding hydrogens is 439 g/mol. The van der Waals surface area contributed by atoms with Crippen molar-refractivity contribution in [2.45, 2.75) is 17.5 Å². The van der Waals surface area contributed by atoms with Gasteiger partial charge in [-0.2, -0.15) is 0 Å². The van der Waals surface area contributed by atoms with Crippen LogP contribution in [0.2, 0.25) is 5.71 Å². The van der Waals surface area contributed by atoms with E-state index in [4.69, 9.17) is 4.74 Å². The fourth-order valence-corrected chi connectivity index (χ4v) is 6.28. The zero-order valence-electron chi connectivity index (χ0n) is 15.0. The van der Waals surface area contributed by atoms with Crippen molar-refractivity contribution in [2.75, 3.05) is 14.2 Å². The number of aromatic nitrogens is 3. The van der Waals surface area contributed by atoms with Crippen LogP contribution in [0.15, 0.2) is 29.2 Å². The number of esters is 1. The monoisotopic (exact) mass is 456 g/mol. The van der Waals surface area contributed by atoms with Crippen LogP contribution in [0.3, 0.4) is 0 Å². The summed E-state index contributed by atoms with van der Waals surface area (Å²) in [7, 11) is -1.78. The van der Waals surface area contributed by atoms with Gasteiger partial charge in [0.05, 0.1) is 0 Å². The van der Waals surface area contributed by atoms with Crippen molar-refractivity contribution in [1.82, 2.24) is 19.7 Å². The molecule has 0 fully saturated rings. The van der Waals surface area contributed by atoms with Crippen LogP contribution in [0.25, 0.3) is 0 Å². The average molecular weight is 456 g/mol. The Morgan fingerprint density at radius 3 is 2.41 bits per heavy atom. The van der Waals surface area contributed by atoms with Gasteiger partial charge >= 0.3 is 161 Å². The van der Waals surface area contributed by atoms with Crippen LogP contribution < -0.4 is 14.1 Å². The fraction of sp³-hybridized carbons (Fsp3) is 0.267. The van der Waals surface area contributed by atoms with Gasteiger partial charge in [0.2, 0.25) is 0 Å². The molecule has 1 N–H and O–H groups in total. The summed E-state index contributed by atoms with van der Waals surface area (Å²) < 4.78 is 36.2. The molecule has 1 atom stereocenters. The van der Waals surface area contributed by atoms with Gasteiger partial charge in [0.15, 0.2) is 0 Å². The van der Waals surface area contributed by atoms with Gasteiger partial charge < -0.3 is 0 Å². The van der Waals surface area contributed by atoms with E-state index in [0.717, 1.165) is 7.11 Å². The second-order valence-corrected chi connectivity index (χ2v) is 10.8. The van der Waals surface area contributed by atoms with Crippen LogP contribution in [0, 0.1) is 6.92 Å². The van der Waals surface area contributed by atoms with Crippen LogP contribution in [0.5, 0.6) is 6.01 Å². The maximum absolute atomic E-state index is 12.6. The predicted octanol–water partition coefficient (Wildman–Crippen LogP) is -0.0130. The quantitative estimate of drug-likeness (QED) is 0.470. The molecule has 144 valence electrons. The molecule has 1 unspecified atom stereocenters. The van der Waals surface area contributed by atoms with Gasteiger partial charge in [0.1, 0.15) is 0 Å². The molecule has 27 heavy (non-hydrogen) atoms. The number of sulfonamides is 1. The number of benzene rings is 1. The molecule has 10 nitrogen and oxygen atoms in total. The SMILES string of the molecule is COC(=O)c1ccccc1S(=O)(=O)NC(=O)[As](C)c1nc(C)nc(OC)n1. The fourth-order valence-electron chi connectivity index (χ4n) is 1.99. The number of nitrogens with one attached hydrogen (secondary N) is 1. The molecule has 0 aliphatic carbocycles. The van der Waals surface area contributed by atoms with Crippen molar-refractivity contribution in [1.29, 1.82) is 0 Å². The standard InChI is InChI=1S/C15H17AsN4O6S/c1-9-17-13(19-15(18-9)26-4)16(2)14(22)20-27(23,24)11-8-6-5-7-10(11)12(21)25-3/h5-8H,1-4H3,(H,20,22). The number of rotatable bonds is 6. The number of methoxy groups -OCH3 is 2. The maximum atomic E-state index is 12.6. The van der Waals surface area contributed by atoms with Crippen LogP contribution in [0.1, 0.15) is 16.2 Å². The van der Waals surface area contributed by atoms with Gasteiger partial charge in [-0.1, -0.05) is 0 Å². The third-order valence-corrected chi connectivity index (χ3v) is 8.22. The number of amides is 1. The van der Waals surface area contributed by atoms with E-state index in [1.807, 2.05) is 4.72 Å². The number of carbonyl (C=O) groups is 2. The Kier molecular flexibility index (Phi) is 6.50. The summed E-state index contributed by atoms with van der Waals surface area (Å²) in [5, 5.41) is 0. The molecule has 0 aliphatic heterocycles. The van der Waals surface area contributed by atoms with Crippen LogP contribution >= 0.6 is 0 Å². The Bertz CT molecular complexity index is 982. The number of hydrogen-bond donors (Lipinski definition) is 1. The van der Waals surface area contributed by atoms with E-state index < -0.39 is 35.3 Å². The van der Waals surface area contributed by atoms with Gasteiger partial charge in [0.25, 0.3) is 0 Å². The molecule has 12 heteroatoms. The van der Waals surface area contributed by atoms with Crippen LogP contribution in [-0.2, 0) is 14.8 Å². The van der Waals surface area contributed by atoms with E-state index in [1.165, 1.54) is 31.4 Å². The van der Waals surface area contributed by atoms with Crippen molar-refractivity contribution in [3.8, 4) is 6.01 Å². The molecule has 0 spiro atoms. The topological polar surface area (TPSA) is 137 Å². The van der Waals surface area contributed by atoms with E-state index in [0.29, 0.717) is 5.82 Å². The molecular formula is C15H17AsN4O6S. The number of ether oxygens (including phenoxy) is 2. The minimum absolute atomic E-state index is 0.0467. The van der Waals surface area contributed by atoms with E-state index in [9.17, 15) is 18.0 Å². The number of carbonyl (C=O) groups excluding carboxylic acids is 2. The van der Waals surface area contributed by atoms with Crippen molar-refractivity contribution in [3.05, 3.63) is 35.7 Å². The molecule has 0 aliphatic rings. The molecule has 1 heterocycles. The number of hydrogen-bond acceptors (Lipinski definition) is 9. The number of nitrogens with zero attached hydrogens (tertiary/aromatic N) is 3. The van der Waals surface area contributed by atoms with Gasteiger partial charge in [0, 0.05) is 0 Å². The minimum atomic E-state index is -4.29. The zero-order chi connectivity index (χ0) is 20.2. The molecule has 1 aromatic heterocycles. The number of aryl methyl sites for hydroxylation is 1. The van der Waals surface area contributed by atoms with E-state index in [-0.39, 0.29) is 21.1 Å². The van der Waals surface area contributed by atoms with Crippen molar-refractivity contribution >= 4 is 40.0 Å². The first-order chi connectivity index (χ1) is 12.7. The normalized spacial score (nSPS) is 12.1. The molecule has 0 saturated heterocycles. The summed E-state index contributed by atoms with van der Waals surface area (Å²) >= 11 is -2.66. The Balaban J connectivity index is 2.32. The summed E-state index contributed by atoms with van der Waals surface area (Å²) in [6.07, 6.45) is 0.